The minimum absolute atomic E-state index is 0.0177. The van der Waals surface area contributed by atoms with E-state index < -0.39 is 0 Å². The smallest absolute Gasteiger partial charge is 0.252 e. The fourth-order valence-corrected chi connectivity index (χ4v) is 11.2. The first-order valence-corrected chi connectivity index (χ1v) is 21.3. The van der Waals surface area contributed by atoms with Gasteiger partial charge in [0.2, 0.25) is 0 Å². The average molecular weight is 752 g/mol. The summed E-state index contributed by atoms with van der Waals surface area (Å²) in [6.07, 6.45) is 4.82. The first-order chi connectivity index (χ1) is 28.1. The molecule has 0 amide bonds. The van der Waals surface area contributed by atoms with E-state index in [1.54, 1.807) is 0 Å². The van der Waals surface area contributed by atoms with Crippen LogP contribution in [-0.4, -0.2) is 12.3 Å². The fourth-order valence-electron chi connectivity index (χ4n) is 11.2. The van der Waals surface area contributed by atoms with Crippen molar-refractivity contribution in [1.29, 1.82) is 0 Å². The molecule has 3 aliphatic heterocycles. The molecule has 4 heteroatoms. The molecule has 0 N–H and O–H groups in total. The molecule has 2 atom stereocenters. The van der Waals surface area contributed by atoms with Crippen LogP contribution in [0.4, 0.5) is 45.5 Å². The Balaban J connectivity index is 1.28. The van der Waals surface area contributed by atoms with Gasteiger partial charge in [-0.1, -0.05) is 127 Å². The minimum atomic E-state index is -0.102. The maximum absolute atomic E-state index is 2.86. The Morgan fingerprint density at radius 3 is 1.79 bits per heavy atom. The predicted molar refractivity (Wildman–Crippen MR) is 248 cm³/mol. The van der Waals surface area contributed by atoms with Crippen LogP contribution >= 0.6 is 0 Å². The van der Waals surface area contributed by atoms with Crippen molar-refractivity contribution in [2.45, 2.75) is 78.2 Å². The van der Waals surface area contributed by atoms with Gasteiger partial charge in [-0.2, -0.15) is 0 Å². The summed E-state index contributed by atoms with van der Waals surface area (Å²) >= 11 is 0. The Kier molecular flexibility index (Phi) is 7.74. The van der Waals surface area contributed by atoms with E-state index >= 15 is 0 Å². The summed E-state index contributed by atoms with van der Waals surface area (Å²) in [6, 6.07) is 55.7. The lowest BCUT2D eigenvalue weighted by atomic mass is 9.33. The molecule has 284 valence electrons. The second kappa shape index (κ2) is 12.8. The van der Waals surface area contributed by atoms with Crippen molar-refractivity contribution in [3.63, 3.8) is 0 Å². The molecular weight excluding hydrogens is 701 g/mol. The molecule has 3 nitrogen and oxygen atoms in total. The molecule has 1 fully saturated rings. The van der Waals surface area contributed by atoms with Gasteiger partial charge in [-0.15, -0.1) is 0 Å². The number of nitrogens with zero attached hydrogens (tertiary/aromatic N) is 3. The molecule has 1 saturated carbocycles. The van der Waals surface area contributed by atoms with Gasteiger partial charge in [-0.3, -0.25) is 0 Å². The Morgan fingerprint density at radius 1 is 0.517 bits per heavy atom. The Hall–Kier alpha value is -6.00. The van der Waals surface area contributed by atoms with Gasteiger partial charge in [0.25, 0.3) is 6.71 Å². The highest BCUT2D eigenvalue weighted by Crippen LogP contribution is 2.62. The highest BCUT2D eigenvalue weighted by atomic mass is 15.3. The van der Waals surface area contributed by atoms with Crippen molar-refractivity contribution < 1.29 is 0 Å². The molecule has 58 heavy (non-hydrogen) atoms. The summed E-state index contributed by atoms with van der Waals surface area (Å²) in [7, 11) is 0. The number of anilines is 8. The summed E-state index contributed by atoms with van der Waals surface area (Å²) in [5, 5.41) is 0. The van der Waals surface area contributed by atoms with Crippen molar-refractivity contribution in [2.24, 2.45) is 0 Å². The Bertz CT molecular complexity index is 2710. The van der Waals surface area contributed by atoms with Gasteiger partial charge in [0, 0.05) is 45.2 Å². The van der Waals surface area contributed by atoms with Crippen LogP contribution in [0, 0.1) is 27.7 Å². The lowest BCUT2D eigenvalue weighted by molar-refractivity contribution is 0.195. The van der Waals surface area contributed by atoms with Crippen molar-refractivity contribution in [3.8, 4) is 11.1 Å². The first-order valence-electron chi connectivity index (χ1n) is 21.3. The van der Waals surface area contributed by atoms with Gasteiger partial charge in [-0.05, 0) is 141 Å². The fraction of sp³-hybridized carbons (Fsp3) is 0.222. The van der Waals surface area contributed by atoms with E-state index in [0.717, 1.165) is 17.8 Å². The highest BCUT2D eigenvalue weighted by Gasteiger charge is 2.61. The van der Waals surface area contributed by atoms with Crippen LogP contribution < -0.4 is 31.1 Å². The third-order valence-electron chi connectivity index (χ3n) is 14.4. The monoisotopic (exact) mass is 751 g/mol. The number of aryl methyl sites for hydroxylation is 4. The Labute approximate surface area is 344 Å². The molecule has 4 aliphatic rings. The lowest BCUT2D eigenvalue weighted by Gasteiger charge is -2.53. The molecule has 7 aromatic rings. The van der Waals surface area contributed by atoms with Gasteiger partial charge in [0.1, 0.15) is 0 Å². The molecule has 1 aliphatic carbocycles. The van der Waals surface area contributed by atoms with Crippen LogP contribution in [0.3, 0.4) is 0 Å². The van der Waals surface area contributed by atoms with E-state index in [-0.39, 0.29) is 17.7 Å². The lowest BCUT2D eigenvalue weighted by Crippen LogP contribution is -2.64. The SMILES string of the molecule is Cc1ccc(N(c2ccc(C)cc2)c2cc3c4c(c2)N2c5c(cc(-c6ccccc6)cc5C5(C)CCCCC25C)B4c2cc(C)ccc2N3c2ccc(C)cc2)cc1. The molecule has 11 rings (SSSR count). The zero-order chi connectivity index (χ0) is 39.5. The number of benzene rings is 7. The number of hydrogen-bond donors (Lipinski definition) is 0. The summed E-state index contributed by atoms with van der Waals surface area (Å²) in [4.78, 5) is 7.91. The van der Waals surface area contributed by atoms with E-state index in [1.165, 1.54) is 109 Å². The third kappa shape index (κ3) is 5.00. The van der Waals surface area contributed by atoms with Crippen molar-refractivity contribution in [1.82, 2.24) is 0 Å². The van der Waals surface area contributed by atoms with Crippen LogP contribution in [0.1, 0.15) is 67.3 Å². The Morgan fingerprint density at radius 2 is 1.12 bits per heavy atom. The summed E-state index contributed by atoms with van der Waals surface area (Å²) < 4.78 is 0. The maximum atomic E-state index is 2.86. The van der Waals surface area contributed by atoms with Crippen LogP contribution in [0.25, 0.3) is 11.1 Å². The third-order valence-corrected chi connectivity index (χ3v) is 14.4. The van der Waals surface area contributed by atoms with Crippen LogP contribution in [0.5, 0.6) is 0 Å². The summed E-state index contributed by atoms with van der Waals surface area (Å²) in [6.45, 7) is 14.1. The zero-order valence-electron chi connectivity index (χ0n) is 34.6. The van der Waals surface area contributed by atoms with Crippen LogP contribution in [0.15, 0.2) is 146 Å². The predicted octanol–water partition coefficient (Wildman–Crippen LogP) is 12.4. The van der Waals surface area contributed by atoms with Gasteiger partial charge in [-0.25, -0.2) is 0 Å². The van der Waals surface area contributed by atoms with Gasteiger partial charge < -0.3 is 14.7 Å². The molecule has 0 bridgehead atoms. The van der Waals surface area contributed by atoms with E-state index in [4.69, 9.17) is 0 Å². The van der Waals surface area contributed by atoms with Crippen LogP contribution in [0.2, 0.25) is 0 Å². The normalized spacial score (nSPS) is 19.7. The van der Waals surface area contributed by atoms with Gasteiger partial charge >= 0.3 is 0 Å². The number of rotatable bonds is 5. The van der Waals surface area contributed by atoms with Crippen molar-refractivity contribution in [3.05, 3.63) is 173 Å². The maximum Gasteiger partial charge on any atom is 0.252 e. The van der Waals surface area contributed by atoms with E-state index in [2.05, 4.69) is 202 Å². The molecular formula is C54H50BN3. The molecule has 7 aromatic carbocycles. The molecule has 0 saturated heterocycles. The number of hydrogen-bond acceptors (Lipinski definition) is 3. The van der Waals surface area contributed by atoms with E-state index in [9.17, 15) is 0 Å². The standard InChI is InChI=1S/C54H50BN3/c1-35-14-21-41(22-15-35)56(42-23-16-36(2)17-24-42)44-33-49-51-50(34-44)58-52-45(53(5)28-10-11-29-54(53,58)6)31-40(39-12-8-7-9-13-39)32-47(52)55(51)46-30-38(4)20-27-48(46)57(49)43-25-18-37(3)19-26-43/h7-9,12-27,30-34H,10-11,28-29H2,1-6H3. The molecule has 3 heterocycles. The second-order valence-electron chi connectivity index (χ2n) is 18.0. The highest BCUT2D eigenvalue weighted by molar-refractivity contribution is 7.00. The molecule has 0 radical (unpaired) electrons. The average Bonchev–Trinajstić information content (AvgIpc) is 3.45. The second-order valence-corrected chi connectivity index (χ2v) is 18.0. The largest absolute Gasteiger partial charge is 0.335 e. The zero-order valence-corrected chi connectivity index (χ0v) is 34.6. The van der Waals surface area contributed by atoms with E-state index in [0.29, 0.717) is 0 Å². The van der Waals surface area contributed by atoms with E-state index in [1.807, 2.05) is 0 Å². The van der Waals surface area contributed by atoms with Gasteiger partial charge in [0.05, 0.1) is 11.2 Å². The molecule has 2 unspecified atom stereocenters. The number of fused-ring (bicyclic) bond motifs is 7. The quantitative estimate of drug-likeness (QED) is 0.162. The topological polar surface area (TPSA) is 9.72 Å². The van der Waals surface area contributed by atoms with Crippen molar-refractivity contribution >= 4 is 68.6 Å². The molecule has 0 spiro atoms. The summed E-state index contributed by atoms with van der Waals surface area (Å²) in [5.74, 6) is 0. The minimum Gasteiger partial charge on any atom is -0.335 e. The van der Waals surface area contributed by atoms with Gasteiger partial charge in [0.15, 0.2) is 0 Å². The van der Waals surface area contributed by atoms with Crippen LogP contribution in [-0.2, 0) is 5.41 Å². The summed E-state index contributed by atoms with van der Waals surface area (Å²) in [5.41, 5.74) is 23.3. The molecule has 0 aromatic heterocycles. The first kappa shape index (κ1) is 35.2. The van der Waals surface area contributed by atoms with Crippen molar-refractivity contribution in [2.75, 3.05) is 14.7 Å².